The molecule has 0 radical (unpaired) electrons. The Hall–Kier alpha value is -3.60. The molecule has 0 saturated heterocycles. The summed E-state index contributed by atoms with van der Waals surface area (Å²) >= 11 is 0. The van der Waals surface area contributed by atoms with E-state index in [4.69, 9.17) is 4.74 Å². The van der Waals surface area contributed by atoms with Crippen LogP contribution in [0.1, 0.15) is 34.3 Å². The highest BCUT2D eigenvalue weighted by molar-refractivity contribution is 5.98. The Balaban J connectivity index is 1.66. The van der Waals surface area contributed by atoms with Crippen LogP contribution in [-0.2, 0) is 4.79 Å². The first-order chi connectivity index (χ1) is 14.6. The van der Waals surface area contributed by atoms with Crippen LogP contribution in [0.4, 0.5) is 0 Å². The molecule has 0 aliphatic rings. The van der Waals surface area contributed by atoms with E-state index in [1.165, 1.54) is 7.11 Å². The van der Waals surface area contributed by atoms with Gasteiger partial charge in [-0.05, 0) is 30.2 Å². The average molecular weight is 402 g/mol. The Morgan fingerprint density at radius 1 is 0.833 bits per heavy atom. The number of methoxy groups -OCH3 is 1. The predicted molar refractivity (Wildman–Crippen MR) is 118 cm³/mol. The number of para-hydroxylation sites is 1. The zero-order chi connectivity index (χ0) is 21.3. The van der Waals surface area contributed by atoms with Crippen molar-refractivity contribution in [2.45, 2.75) is 18.9 Å². The van der Waals surface area contributed by atoms with E-state index in [-0.39, 0.29) is 30.3 Å². The normalized spacial score (nSPS) is 11.6. The van der Waals surface area contributed by atoms with E-state index in [1.807, 2.05) is 43.3 Å². The molecule has 0 heterocycles. The number of hydrogen-bond donors (Lipinski definition) is 2. The minimum atomic E-state index is -0.349. The number of hydrogen-bond acceptors (Lipinski definition) is 3. The molecule has 0 saturated carbocycles. The second kappa shape index (κ2) is 10.3. The Morgan fingerprint density at radius 2 is 1.37 bits per heavy atom. The van der Waals surface area contributed by atoms with Gasteiger partial charge in [0, 0.05) is 12.0 Å². The maximum atomic E-state index is 12.6. The first kappa shape index (κ1) is 21.1. The van der Waals surface area contributed by atoms with Gasteiger partial charge in [0.05, 0.1) is 19.2 Å². The van der Waals surface area contributed by atoms with E-state index in [1.54, 1.807) is 24.3 Å². The number of nitrogens with one attached hydrogen (secondary N) is 2. The summed E-state index contributed by atoms with van der Waals surface area (Å²) in [5.41, 5.74) is 2.64. The lowest BCUT2D eigenvalue weighted by molar-refractivity contribution is -0.120. The van der Waals surface area contributed by atoms with Crippen LogP contribution in [0.2, 0.25) is 0 Å². The summed E-state index contributed by atoms with van der Waals surface area (Å²) in [7, 11) is 1.51. The van der Waals surface area contributed by atoms with Crippen molar-refractivity contribution in [1.29, 1.82) is 0 Å². The van der Waals surface area contributed by atoms with E-state index in [0.717, 1.165) is 11.1 Å². The SMILES string of the molecule is COc1ccccc1C(=O)NCC(=O)NC(C)C(c1ccccc1)c1ccccc1. The first-order valence-electron chi connectivity index (χ1n) is 9.90. The highest BCUT2D eigenvalue weighted by atomic mass is 16.5. The van der Waals surface area contributed by atoms with E-state index >= 15 is 0 Å². The molecule has 1 unspecified atom stereocenters. The Labute approximate surface area is 177 Å². The van der Waals surface area contributed by atoms with E-state index in [2.05, 4.69) is 34.9 Å². The fourth-order valence-electron chi connectivity index (χ4n) is 3.57. The van der Waals surface area contributed by atoms with Crippen molar-refractivity contribution in [3.8, 4) is 5.75 Å². The molecule has 5 nitrogen and oxygen atoms in total. The fraction of sp³-hybridized carbons (Fsp3) is 0.200. The number of carbonyl (C=O) groups is 2. The number of amides is 2. The molecule has 5 heteroatoms. The first-order valence-corrected chi connectivity index (χ1v) is 9.90. The molecule has 2 amide bonds. The van der Waals surface area contributed by atoms with Gasteiger partial charge < -0.3 is 15.4 Å². The minimum Gasteiger partial charge on any atom is -0.496 e. The second-order valence-electron chi connectivity index (χ2n) is 7.04. The van der Waals surface area contributed by atoms with Crippen molar-refractivity contribution >= 4 is 11.8 Å². The van der Waals surface area contributed by atoms with Crippen LogP contribution < -0.4 is 15.4 Å². The highest BCUT2D eigenvalue weighted by Crippen LogP contribution is 2.27. The molecule has 3 rings (SSSR count). The van der Waals surface area contributed by atoms with Crippen LogP contribution in [-0.4, -0.2) is 31.5 Å². The maximum Gasteiger partial charge on any atom is 0.255 e. The van der Waals surface area contributed by atoms with Gasteiger partial charge in [0.15, 0.2) is 0 Å². The lowest BCUT2D eigenvalue weighted by Gasteiger charge is -2.26. The molecule has 0 bridgehead atoms. The van der Waals surface area contributed by atoms with Crippen LogP contribution in [0.5, 0.6) is 5.75 Å². The summed E-state index contributed by atoms with van der Waals surface area (Å²) in [5.74, 6) is -0.126. The van der Waals surface area contributed by atoms with Gasteiger partial charge in [-0.15, -0.1) is 0 Å². The molecular weight excluding hydrogens is 376 g/mol. The Morgan fingerprint density at radius 3 is 1.93 bits per heavy atom. The molecule has 0 fully saturated rings. The standard InChI is InChI=1S/C25H26N2O3/c1-18(24(19-11-5-3-6-12-19)20-13-7-4-8-14-20)27-23(28)17-26-25(29)21-15-9-10-16-22(21)30-2/h3-16,18,24H,17H2,1-2H3,(H,26,29)(H,27,28). The zero-order valence-electron chi connectivity index (χ0n) is 17.2. The third kappa shape index (κ3) is 5.26. The summed E-state index contributed by atoms with van der Waals surface area (Å²) in [5, 5.41) is 5.69. The van der Waals surface area contributed by atoms with Crippen molar-refractivity contribution in [3.63, 3.8) is 0 Å². The van der Waals surface area contributed by atoms with Gasteiger partial charge in [-0.2, -0.15) is 0 Å². The largest absolute Gasteiger partial charge is 0.496 e. The maximum absolute atomic E-state index is 12.6. The van der Waals surface area contributed by atoms with Crippen LogP contribution >= 0.6 is 0 Å². The predicted octanol–water partition coefficient (Wildman–Crippen LogP) is 3.76. The van der Waals surface area contributed by atoms with Gasteiger partial charge in [0.1, 0.15) is 5.75 Å². The van der Waals surface area contributed by atoms with E-state index in [0.29, 0.717) is 11.3 Å². The van der Waals surface area contributed by atoms with Crippen LogP contribution in [0, 0.1) is 0 Å². The number of rotatable bonds is 8. The smallest absolute Gasteiger partial charge is 0.255 e. The van der Waals surface area contributed by atoms with Crippen molar-refractivity contribution in [2.75, 3.05) is 13.7 Å². The molecule has 154 valence electrons. The number of benzene rings is 3. The summed E-state index contributed by atoms with van der Waals surface area (Å²) in [6.45, 7) is 1.86. The lowest BCUT2D eigenvalue weighted by Crippen LogP contribution is -2.43. The lowest BCUT2D eigenvalue weighted by atomic mass is 9.86. The number of carbonyl (C=O) groups excluding carboxylic acids is 2. The highest BCUT2D eigenvalue weighted by Gasteiger charge is 2.23. The zero-order valence-corrected chi connectivity index (χ0v) is 17.2. The fourth-order valence-corrected chi connectivity index (χ4v) is 3.57. The average Bonchev–Trinajstić information content (AvgIpc) is 2.79. The molecule has 0 spiro atoms. The third-order valence-corrected chi connectivity index (χ3v) is 4.97. The molecule has 2 N–H and O–H groups in total. The topological polar surface area (TPSA) is 67.4 Å². The van der Waals surface area contributed by atoms with Crippen LogP contribution in [0.25, 0.3) is 0 Å². The van der Waals surface area contributed by atoms with Gasteiger partial charge >= 0.3 is 0 Å². The van der Waals surface area contributed by atoms with Crippen molar-refractivity contribution in [2.24, 2.45) is 0 Å². The molecule has 3 aromatic rings. The molecule has 3 aromatic carbocycles. The second-order valence-corrected chi connectivity index (χ2v) is 7.04. The molecule has 0 aromatic heterocycles. The van der Waals surface area contributed by atoms with Gasteiger partial charge in [-0.1, -0.05) is 72.8 Å². The molecular formula is C25H26N2O3. The van der Waals surface area contributed by atoms with E-state index < -0.39 is 0 Å². The quantitative estimate of drug-likeness (QED) is 0.603. The molecule has 30 heavy (non-hydrogen) atoms. The molecule has 0 aliphatic carbocycles. The monoisotopic (exact) mass is 402 g/mol. The van der Waals surface area contributed by atoms with Gasteiger partial charge in [-0.3, -0.25) is 9.59 Å². The molecule has 0 aliphatic heterocycles. The Kier molecular flexibility index (Phi) is 7.22. The summed E-state index contributed by atoms with van der Waals surface area (Å²) in [4.78, 5) is 25.0. The van der Waals surface area contributed by atoms with Crippen LogP contribution in [0.3, 0.4) is 0 Å². The molecule has 1 atom stereocenters. The van der Waals surface area contributed by atoms with Gasteiger partial charge in [0.25, 0.3) is 5.91 Å². The summed E-state index contributed by atoms with van der Waals surface area (Å²) < 4.78 is 5.21. The summed E-state index contributed by atoms with van der Waals surface area (Å²) in [6, 6.07) is 26.9. The van der Waals surface area contributed by atoms with Crippen molar-refractivity contribution in [1.82, 2.24) is 10.6 Å². The van der Waals surface area contributed by atoms with Gasteiger partial charge in [0.2, 0.25) is 5.91 Å². The third-order valence-electron chi connectivity index (χ3n) is 4.97. The van der Waals surface area contributed by atoms with Crippen molar-refractivity contribution < 1.29 is 14.3 Å². The van der Waals surface area contributed by atoms with Gasteiger partial charge in [-0.25, -0.2) is 0 Å². The number of ether oxygens (including phenoxy) is 1. The Bertz CT molecular complexity index is 934. The summed E-state index contributed by atoms with van der Waals surface area (Å²) in [6.07, 6.45) is 0. The van der Waals surface area contributed by atoms with Crippen LogP contribution in [0.15, 0.2) is 84.9 Å². The minimum absolute atomic E-state index is 0.00117. The van der Waals surface area contributed by atoms with Crippen molar-refractivity contribution in [3.05, 3.63) is 102 Å². The van der Waals surface area contributed by atoms with E-state index in [9.17, 15) is 9.59 Å².